The van der Waals surface area contributed by atoms with Crippen molar-refractivity contribution in [1.29, 1.82) is 0 Å². The second kappa shape index (κ2) is 9.04. The zero-order chi connectivity index (χ0) is 22.7. The highest BCUT2D eigenvalue weighted by molar-refractivity contribution is 6.01. The molecule has 0 radical (unpaired) electrons. The predicted molar refractivity (Wildman–Crippen MR) is 118 cm³/mol. The Morgan fingerprint density at radius 1 is 1.22 bits per heavy atom. The van der Waals surface area contributed by atoms with Crippen LogP contribution in [-0.4, -0.2) is 40.7 Å². The number of carbonyl (C=O) groups excluding carboxylic acids is 2. The molecule has 0 saturated heterocycles. The van der Waals surface area contributed by atoms with Gasteiger partial charge in [0.1, 0.15) is 5.82 Å². The summed E-state index contributed by atoms with van der Waals surface area (Å²) in [4.78, 5) is 29.0. The predicted octanol–water partition coefficient (Wildman–Crippen LogP) is 3.29. The number of nitrogens with zero attached hydrogens (tertiary/aromatic N) is 3. The summed E-state index contributed by atoms with van der Waals surface area (Å²) in [5.74, 6) is 1.26. The van der Waals surface area contributed by atoms with E-state index >= 15 is 0 Å². The molecular weight excluding hydrogens is 412 g/mol. The summed E-state index contributed by atoms with van der Waals surface area (Å²) >= 11 is 0. The van der Waals surface area contributed by atoms with Gasteiger partial charge in [0.15, 0.2) is 5.75 Å². The summed E-state index contributed by atoms with van der Waals surface area (Å²) < 4.78 is 11.2. The molecule has 10 heteroatoms. The van der Waals surface area contributed by atoms with Gasteiger partial charge in [0.2, 0.25) is 11.8 Å². The largest absolute Gasteiger partial charge is 0.494 e. The van der Waals surface area contributed by atoms with Crippen LogP contribution >= 0.6 is 0 Å². The summed E-state index contributed by atoms with van der Waals surface area (Å²) in [7, 11) is 1.53. The van der Waals surface area contributed by atoms with Gasteiger partial charge in [0.25, 0.3) is 11.8 Å². The van der Waals surface area contributed by atoms with Crippen molar-refractivity contribution in [2.45, 2.75) is 26.7 Å². The zero-order valence-corrected chi connectivity index (χ0v) is 18.1. The maximum atomic E-state index is 12.6. The Kier molecular flexibility index (Phi) is 6.02. The summed E-state index contributed by atoms with van der Waals surface area (Å²) in [5.41, 5.74) is 1.98. The van der Waals surface area contributed by atoms with Crippen molar-refractivity contribution in [3.8, 4) is 17.2 Å². The maximum absolute atomic E-state index is 12.6. The molecule has 0 aliphatic heterocycles. The van der Waals surface area contributed by atoms with Crippen LogP contribution in [0.25, 0.3) is 11.5 Å². The minimum atomic E-state index is -0.287. The van der Waals surface area contributed by atoms with Gasteiger partial charge < -0.3 is 25.1 Å². The Balaban J connectivity index is 1.71. The van der Waals surface area contributed by atoms with E-state index in [1.54, 1.807) is 25.1 Å². The van der Waals surface area contributed by atoms with Gasteiger partial charge in [-0.1, -0.05) is 6.07 Å². The third-order valence-corrected chi connectivity index (χ3v) is 4.93. The van der Waals surface area contributed by atoms with Gasteiger partial charge in [-0.3, -0.25) is 9.59 Å². The molecule has 2 amide bonds. The molecule has 2 heterocycles. The van der Waals surface area contributed by atoms with Gasteiger partial charge in [0, 0.05) is 31.6 Å². The first-order chi connectivity index (χ1) is 15.5. The number of para-hydroxylation sites is 1. The van der Waals surface area contributed by atoms with E-state index in [1.165, 1.54) is 13.3 Å². The normalized spacial score (nSPS) is 12.8. The lowest BCUT2D eigenvalue weighted by molar-refractivity contribution is -0.117. The van der Waals surface area contributed by atoms with Gasteiger partial charge in [-0.25, -0.2) is 4.98 Å². The third kappa shape index (κ3) is 4.53. The molecule has 10 nitrogen and oxygen atoms in total. The molecule has 3 aromatic rings. The first-order valence-electron chi connectivity index (χ1n) is 10.3. The zero-order valence-electron chi connectivity index (χ0n) is 18.1. The highest BCUT2D eigenvalue weighted by atomic mass is 16.5. The van der Waals surface area contributed by atoms with Crippen LogP contribution in [0.4, 0.5) is 17.2 Å². The highest BCUT2D eigenvalue weighted by Gasteiger charge is 2.30. The second-order valence-corrected chi connectivity index (χ2v) is 7.38. The van der Waals surface area contributed by atoms with Crippen LogP contribution in [0, 0.1) is 12.8 Å². The molecule has 1 aromatic carbocycles. The van der Waals surface area contributed by atoms with Crippen LogP contribution in [0.15, 0.2) is 34.9 Å². The molecule has 3 N–H and O–H groups in total. The van der Waals surface area contributed by atoms with Crippen LogP contribution in [0.1, 0.15) is 36.0 Å². The number of rotatable bonds is 8. The number of aromatic nitrogens is 3. The van der Waals surface area contributed by atoms with Crippen molar-refractivity contribution in [2.24, 2.45) is 5.92 Å². The first-order valence-corrected chi connectivity index (χ1v) is 10.3. The third-order valence-electron chi connectivity index (χ3n) is 4.93. The Morgan fingerprint density at radius 2 is 2.03 bits per heavy atom. The first kappa shape index (κ1) is 21.3. The van der Waals surface area contributed by atoms with Crippen LogP contribution < -0.4 is 20.7 Å². The van der Waals surface area contributed by atoms with Crippen LogP contribution in [0.2, 0.25) is 0 Å². The molecule has 0 bridgehead atoms. The molecule has 1 fully saturated rings. The van der Waals surface area contributed by atoms with Crippen LogP contribution in [0.3, 0.4) is 0 Å². The number of nitrogens with one attached hydrogen (secondary N) is 3. The average Bonchev–Trinajstić information content (AvgIpc) is 3.55. The fraction of sp³-hybridized carbons (Fsp3) is 0.318. The summed E-state index contributed by atoms with van der Waals surface area (Å²) in [5, 5.41) is 16.8. The highest BCUT2D eigenvalue weighted by Crippen LogP contribution is 2.38. The smallest absolute Gasteiger partial charge is 0.254 e. The number of hydrogen-bond donors (Lipinski definition) is 3. The van der Waals surface area contributed by atoms with Crippen molar-refractivity contribution in [3.63, 3.8) is 0 Å². The van der Waals surface area contributed by atoms with Crippen molar-refractivity contribution in [2.75, 3.05) is 24.3 Å². The number of ether oxygens (including phenoxy) is 1. The Labute approximate surface area is 184 Å². The minimum absolute atomic E-state index is 0.0333. The Hall–Kier alpha value is -3.95. The molecule has 166 valence electrons. The van der Waals surface area contributed by atoms with E-state index < -0.39 is 0 Å². The topological polar surface area (TPSA) is 131 Å². The number of aryl methyl sites for hydroxylation is 1. The lowest BCUT2D eigenvalue weighted by Gasteiger charge is -2.17. The van der Waals surface area contributed by atoms with E-state index in [1.807, 2.05) is 13.0 Å². The second-order valence-electron chi connectivity index (χ2n) is 7.38. The Bertz CT molecular complexity index is 1160. The fourth-order valence-electron chi connectivity index (χ4n) is 3.21. The monoisotopic (exact) mass is 436 g/mol. The van der Waals surface area contributed by atoms with E-state index in [0.29, 0.717) is 52.4 Å². The molecule has 1 saturated carbocycles. The van der Waals surface area contributed by atoms with E-state index in [-0.39, 0.29) is 17.7 Å². The SMILES string of the molecule is CCNC(=O)c1cnc(NC(=O)C2CC2)cc1Nc1cccc(-c2nnc(C)o2)c1OC. The molecule has 0 unspecified atom stereocenters. The van der Waals surface area contributed by atoms with Crippen LogP contribution in [0.5, 0.6) is 5.75 Å². The number of carbonyl (C=O) groups is 2. The fourth-order valence-corrected chi connectivity index (χ4v) is 3.21. The number of benzene rings is 1. The molecule has 0 spiro atoms. The van der Waals surface area contributed by atoms with Crippen molar-refractivity contribution < 1.29 is 18.7 Å². The standard InChI is InChI=1S/C22H24N6O4/c1-4-23-21(30)15-11-24-18(26-20(29)13-8-9-13)10-17(15)25-16-7-5-6-14(19(16)31-3)22-28-27-12(2)32-22/h5-7,10-11,13H,4,8-9H2,1-3H3,(H,23,30)(H2,24,25,26,29). The number of methoxy groups -OCH3 is 1. The van der Waals surface area contributed by atoms with Crippen LogP contribution in [-0.2, 0) is 4.79 Å². The van der Waals surface area contributed by atoms with E-state index in [9.17, 15) is 9.59 Å². The molecule has 32 heavy (non-hydrogen) atoms. The molecule has 4 rings (SSSR count). The van der Waals surface area contributed by atoms with E-state index in [4.69, 9.17) is 9.15 Å². The quantitative estimate of drug-likeness (QED) is 0.490. The summed E-state index contributed by atoms with van der Waals surface area (Å²) in [6.45, 7) is 4.01. The molecule has 2 aromatic heterocycles. The van der Waals surface area contributed by atoms with E-state index in [2.05, 4.69) is 31.1 Å². The number of amides is 2. The van der Waals surface area contributed by atoms with Gasteiger partial charge in [0.05, 0.1) is 29.6 Å². The molecule has 1 aliphatic carbocycles. The number of anilines is 3. The van der Waals surface area contributed by atoms with Crippen molar-refractivity contribution in [1.82, 2.24) is 20.5 Å². The molecular formula is C22H24N6O4. The lowest BCUT2D eigenvalue weighted by Crippen LogP contribution is -2.24. The van der Waals surface area contributed by atoms with Gasteiger partial charge >= 0.3 is 0 Å². The summed E-state index contributed by atoms with van der Waals surface area (Å²) in [6, 6.07) is 7.04. The van der Waals surface area contributed by atoms with Gasteiger partial charge in [-0.05, 0) is 31.9 Å². The minimum Gasteiger partial charge on any atom is -0.494 e. The number of hydrogen-bond acceptors (Lipinski definition) is 8. The van der Waals surface area contributed by atoms with Gasteiger partial charge in [-0.15, -0.1) is 10.2 Å². The van der Waals surface area contributed by atoms with Crippen molar-refractivity contribution in [3.05, 3.63) is 41.9 Å². The lowest BCUT2D eigenvalue weighted by atomic mass is 10.1. The molecule has 1 aliphatic rings. The summed E-state index contributed by atoms with van der Waals surface area (Å²) in [6.07, 6.45) is 3.20. The van der Waals surface area contributed by atoms with Crippen molar-refractivity contribution >= 4 is 29.0 Å². The molecule has 0 atom stereocenters. The average molecular weight is 436 g/mol. The Morgan fingerprint density at radius 3 is 2.69 bits per heavy atom. The number of pyridine rings is 1. The maximum Gasteiger partial charge on any atom is 0.254 e. The van der Waals surface area contributed by atoms with E-state index in [0.717, 1.165) is 12.8 Å². The van der Waals surface area contributed by atoms with Gasteiger partial charge in [-0.2, -0.15) is 0 Å².